The van der Waals surface area contributed by atoms with E-state index in [4.69, 9.17) is 17.0 Å². The fraction of sp³-hybridized carbons (Fsp3) is 0.238. The second-order valence-electron chi connectivity index (χ2n) is 6.70. The van der Waals surface area contributed by atoms with Gasteiger partial charge in [-0.2, -0.15) is 0 Å². The van der Waals surface area contributed by atoms with Crippen molar-refractivity contribution in [3.8, 4) is 5.75 Å². The van der Waals surface area contributed by atoms with E-state index in [-0.39, 0.29) is 12.1 Å². The summed E-state index contributed by atoms with van der Waals surface area (Å²) in [5.41, 5.74) is 4.42. The quantitative estimate of drug-likeness (QED) is 0.660. The van der Waals surface area contributed by atoms with Crippen molar-refractivity contribution in [2.24, 2.45) is 0 Å². The van der Waals surface area contributed by atoms with Crippen LogP contribution in [0.4, 0.5) is 0 Å². The summed E-state index contributed by atoms with van der Waals surface area (Å²) in [7, 11) is 1.68. The second kappa shape index (κ2) is 7.40. The molecule has 1 saturated heterocycles. The first kappa shape index (κ1) is 17.5. The van der Waals surface area contributed by atoms with Crippen LogP contribution in [-0.4, -0.2) is 27.1 Å². The number of rotatable bonds is 5. The summed E-state index contributed by atoms with van der Waals surface area (Å²) < 4.78 is 5.26. The molecule has 27 heavy (non-hydrogen) atoms. The van der Waals surface area contributed by atoms with Gasteiger partial charge in [-0.1, -0.05) is 18.2 Å². The molecule has 1 fully saturated rings. The molecule has 6 heteroatoms. The van der Waals surface area contributed by atoms with Crippen molar-refractivity contribution >= 4 is 17.3 Å². The summed E-state index contributed by atoms with van der Waals surface area (Å²) in [6.07, 6.45) is 1.82. The Hall–Kier alpha value is -2.86. The molecule has 0 saturated carbocycles. The number of aromatic nitrogens is 2. The maximum Gasteiger partial charge on any atom is 0.170 e. The normalized spacial score (nSPS) is 19.2. The summed E-state index contributed by atoms with van der Waals surface area (Å²) in [4.78, 5) is 10.3. The van der Waals surface area contributed by atoms with Gasteiger partial charge in [-0.15, -0.1) is 0 Å². The number of benzene rings is 1. The minimum Gasteiger partial charge on any atom is -0.497 e. The Morgan fingerprint density at radius 1 is 1.11 bits per heavy atom. The van der Waals surface area contributed by atoms with Gasteiger partial charge < -0.3 is 19.9 Å². The molecule has 0 aliphatic carbocycles. The van der Waals surface area contributed by atoms with E-state index >= 15 is 0 Å². The molecular weight excluding hydrogens is 356 g/mol. The number of nitrogens with one attached hydrogen (secondary N) is 2. The zero-order chi connectivity index (χ0) is 18.8. The van der Waals surface area contributed by atoms with Crippen LogP contribution in [0.25, 0.3) is 0 Å². The molecule has 0 radical (unpaired) electrons. The number of aromatic amines is 1. The number of ether oxygens (including phenoxy) is 1. The predicted molar refractivity (Wildman–Crippen MR) is 110 cm³/mol. The van der Waals surface area contributed by atoms with Gasteiger partial charge in [0.25, 0.3) is 0 Å². The van der Waals surface area contributed by atoms with Gasteiger partial charge in [0.2, 0.25) is 0 Å². The van der Waals surface area contributed by atoms with Crippen molar-refractivity contribution in [2.75, 3.05) is 7.11 Å². The average molecular weight is 379 g/mol. The van der Waals surface area contributed by atoms with Gasteiger partial charge in [0.1, 0.15) is 5.75 Å². The molecule has 0 bridgehead atoms. The smallest absolute Gasteiger partial charge is 0.170 e. The number of thiocarbonyl (C=S) groups is 1. The molecule has 5 nitrogen and oxygen atoms in total. The van der Waals surface area contributed by atoms with Crippen molar-refractivity contribution < 1.29 is 4.74 Å². The third-order valence-corrected chi connectivity index (χ3v) is 5.24. The van der Waals surface area contributed by atoms with Crippen LogP contribution in [0, 0.1) is 6.92 Å². The lowest BCUT2D eigenvalue weighted by atomic mass is 10.0. The number of nitrogens with zero attached hydrogens (tertiary/aromatic N) is 2. The molecule has 1 aromatic carbocycles. The van der Waals surface area contributed by atoms with Crippen molar-refractivity contribution in [3.05, 3.63) is 83.4 Å². The zero-order valence-corrected chi connectivity index (χ0v) is 16.2. The van der Waals surface area contributed by atoms with Crippen molar-refractivity contribution in [3.63, 3.8) is 0 Å². The predicted octanol–water partition coefficient (Wildman–Crippen LogP) is 3.90. The van der Waals surface area contributed by atoms with E-state index in [1.165, 1.54) is 5.56 Å². The fourth-order valence-electron chi connectivity index (χ4n) is 3.54. The van der Waals surface area contributed by atoms with E-state index in [0.717, 1.165) is 27.9 Å². The summed E-state index contributed by atoms with van der Waals surface area (Å²) in [5, 5.41) is 4.21. The third-order valence-electron chi connectivity index (χ3n) is 4.88. The van der Waals surface area contributed by atoms with E-state index in [1.807, 2.05) is 36.5 Å². The highest BCUT2D eigenvalue weighted by Crippen LogP contribution is 2.39. The van der Waals surface area contributed by atoms with E-state index in [2.05, 4.69) is 51.4 Å². The summed E-state index contributed by atoms with van der Waals surface area (Å²) in [5.74, 6) is 0.851. The molecule has 138 valence electrons. The Labute approximate surface area is 164 Å². The summed E-state index contributed by atoms with van der Waals surface area (Å²) in [6, 6.07) is 18.4. The molecular formula is C21H22N4OS. The molecule has 3 aromatic rings. The lowest BCUT2D eigenvalue weighted by Crippen LogP contribution is -2.29. The lowest BCUT2D eigenvalue weighted by Gasteiger charge is -2.27. The Morgan fingerprint density at radius 3 is 2.56 bits per heavy atom. The standard InChI is InChI=1S/C21H22N4OS/c1-14-6-11-18(23-14)20-19(17-5-3-4-12-22-17)24-21(27)25(20)13-15-7-9-16(26-2)10-8-15/h3-12,19-20,23H,13H2,1-2H3,(H,24,27)/t19-,20+/m0/s1. The highest BCUT2D eigenvalue weighted by atomic mass is 32.1. The molecule has 2 aromatic heterocycles. The largest absolute Gasteiger partial charge is 0.497 e. The maximum atomic E-state index is 5.70. The van der Waals surface area contributed by atoms with Gasteiger partial charge in [0.05, 0.1) is 24.9 Å². The molecule has 0 amide bonds. The number of H-pyrrole nitrogens is 1. The minimum absolute atomic E-state index is 0.00463. The lowest BCUT2D eigenvalue weighted by molar-refractivity contribution is 0.305. The van der Waals surface area contributed by atoms with E-state index in [0.29, 0.717) is 6.54 Å². The molecule has 1 aliphatic heterocycles. The molecule has 4 rings (SSSR count). The van der Waals surface area contributed by atoms with Gasteiger partial charge in [0.15, 0.2) is 5.11 Å². The van der Waals surface area contributed by atoms with Crippen LogP contribution in [0.5, 0.6) is 5.75 Å². The van der Waals surface area contributed by atoms with Gasteiger partial charge in [0, 0.05) is 24.1 Å². The SMILES string of the molecule is COc1ccc(CN2C(=S)N[C@@H](c3ccccn3)[C@H]2c2ccc(C)[nH]2)cc1. The summed E-state index contributed by atoms with van der Waals surface area (Å²) >= 11 is 5.70. The van der Waals surface area contributed by atoms with Crippen molar-refractivity contribution in [1.29, 1.82) is 0 Å². The maximum absolute atomic E-state index is 5.70. The molecule has 1 aliphatic rings. The molecule has 2 atom stereocenters. The van der Waals surface area contributed by atoms with Crippen LogP contribution in [0.15, 0.2) is 60.8 Å². The molecule has 2 N–H and O–H groups in total. The monoisotopic (exact) mass is 378 g/mol. The summed E-state index contributed by atoms with van der Waals surface area (Å²) in [6.45, 7) is 2.77. The molecule has 3 heterocycles. The van der Waals surface area contributed by atoms with Crippen LogP contribution in [-0.2, 0) is 6.54 Å². The Morgan fingerprint density at radius 2 is 1.93 bits per heavy atom. The number of pyridine rings is 1. The van der Waals surface area contributed by atoms with Gasteiger partial charge in [-0.3, -0.25) is 4.98 Å². The third kappa shape index (κ3) is 3.53. The van der Waals surface area contributed by atoms with Crippen LogP contribution in [0.2, 0.25) is 0 Å². The Balaban J connectivity index is 1.68. The van der Waals surface area contributed by atoms with E-state index in [1.54, 1.807) is 7.11 Å². The second-order valence-corrected chi connectivity index (χ2v) is 7.09. The van der Waals surface area contributed by atoms with Crippen LogP contribution < -0.4 is 10.1 Å². The van der Waals surface area contributed by atoms with Gasteiger partial charge in [-0.05, 0) is 61.1 Å². The average Bonchev–Trinajstić information content (AvgIpc) is 3.26. The van der Waals surface area contributed by atoms with Crippen LogP contribution in [0.3, 0.4) is 0 Å². The minimum atomic E-state index is -0.00463. The Bertz CT molecular complexity index is 923. The fourth-order valence-corrected chi connectivity index (χ4v) is 3.85. The molecule has 0 unspecified atom stereocenters. The number of hydrogen-bond acceptors (Lipinski definition) is 3. The van der Waals surface area contributed by atoms with Crippen LogP contribution >= 0.6 is 12.2 Å². The van der Waals surface area contributed by atoms with E-state index < -0.39 is 0 Å². The Kier molecular flexibility index (Phi) is 4.81. The van der Waals surface area contributed by atoms with Crippen molar-refractivity contribution in [2.45, 2.75) is 25.6 Å². The topological polar surface area (TPSA) is 53.2 Å². The number of methoxy groups -OCH3 is 1. The van der Waals surface area contributed by atoms with Gasteiger partial charge >= 0.3 is 0 Å². The number of hydrogen-bond donors (Lipinski definition) is 2. The first-order valence-electron chi connectivity index (χ1n) is 8.92. The first-order chi connectivity index (χ1) is 13.2. The van der Waals surface area contributed by atoms with Gasteiger partial charge in [-0.25, -0.2) is 0 Å². The first-order valence-corrected chi connectivity index (χ1v) is 9.33. The number of aryl methyl sites for hydroxylation is 1. The zero-order valence-electron chi connectivity index (χ0n) is 15.3. The van der Waals surface area contributed by atoms with Crippen LogP contribution in [0.1, 0.15) is 34.7 Å². The highest BCUT2D eigenvalue weighted by molar-refractivity contribution is 7.80. The highest BCUT2D eigenvalue weighted by Gasteiger charge is 2.40. The van der Waals surface area contributed by atoms with E-state index in [9.17, 15) is 0 Å². The molecule has 0 spiro atoms. The van der Waals surface area contributed by atoms with Crippen molar-refractivity contribution in [1.82, 2.24) is 20.2 Å².